The molecule has 7 aromatic carbocycles. The maximum atomic E-state index is 14.1. The van der Waals surface area contributed by atoms with Gasteiger partial charge in [0.1, 0.15) is 11.4 Å². The number of furan rings is 1. The van der Waals surface area contributed by atoms with Crippen LogP contribution in [0.4, 0.5) is 4.39 Å². The van der Waals surface area contributed by atoms with Gasteiger partial charge in [-0.05, 0) is 58.6 Å². The minimum absolute atomic E-state index is 0. The number of pyridine rings is 1. The van der Waals surface area contributed by atoms with E-state index in [2.05, 4.69) is 146 Å². The van der Waals surface area contributed by atoms with Crippen LogP contribution in [0.3, 0.4) is 0 Å². The number of aromatic nitrogens is 3. The number of benzene rings is 7. The first-order valence-corrected chi connectivity index (χ1v) is 24.3. The molecular weight excluding hydrogens is 958 g/mol. The summed E-state index contributed by atoms with van der Waals surface area (Å²) in [5.74, 6) is 1.04. The van der Waals surface area contributed by atoms with Gasteiger partial charge < -0.3 is 14.0 Å². The Morgan fingerprint density at radius 2 is 1.37 bits per heavy atom. The van der Waals surface area contributed by atoms with Gasteiger partial charge in [0.05, 0.1) is 36.2 Å². The first-order valence-electron chi connectivity index (χ1n) is 20.8. The molecule has 0 aliphatic carbocycles. The second-order valence-corrected chi connectivity index (χ2v) is 21.9. The van der Waals surface area contributed by atoms with Crippen molar-refractivity contribution in [3.63, 3.8) is 0 Å². The molecule has 0 bridgehead atoms. The van der Waals surface area contributed by atoms with Gasteiger partial charge in [-0.2, -0.15) is 0 Å². The maximum Gasteiger partial charge on any atom is 0.126 e. The van der Waals surface area contributed by atoms with Gasteiger partial charge in [-0.15, -0.1) is 54.1 Å². The van der Waals surface area contributed by atoms with Crippen molar-refractivity contribution < 1.29 is 28.9 Å². The van der Waals surface area contributed by atoms with Crippen LogP contribution in [0, 0.1) is 23.9 Å². The van der Waals surface area contributed by atoms with Crippen LogP contribution in [-0.2, 0) is 26.5 Å². The summed E-state index contributed by atoms with van der Waals surface area (Å²) in [4.78, 5) is 9.85. The molecule has 62 heavy (non-hydrogen) atoms. The molecule has 4 nitrogen and oxygen atoms in total. The Labute approximate surface area is 377 Å². The summed E-state index contributed by atoms with van der Waals surface area (Å²) in [7, 11) is -1.34. The molecule has 0 saturated heterocycles. The van der Waals surface area contributed by atoms with Crippen LogP contribution in [0.1, 0.15) is 19.4 Å². The van der Waals surface area contributed by atoms with E-state index in [0.29, 0.717) is 22.9 Å². The number of nitrogens with zero attached hydrogens (tertiary/aromatic N) is 3. The quantitative estimate of drug-likeness (QED) is 0.113. The molecule has 1 radical (unpaired) electrons. The van der Waals surface area contributed by atoms with Gasteiger partial charge in [0.2, 0.25) is 0 Å². The van der Waals surface area contributed by atoms with E-state index in [9.17, 15) is 4.39 Å². The summed E-state index contributed by atoms with van der Waals surface area (Å²) >= 11 is 0. The zero-order chi connectivity index (χ0) is 42.1. The molecular formula is C55H46FIrN3OSi-2. The summed E-state index contributed by atoms with van der Waals surface area (Å²) in [5.41, 5.74) is 12.7. The second-order valence-electron chi connectivity index (χ2n) is 16.9. The summed E-state index contributed by atoms with van der Waals surface area (Å²) < 4.78 is 22.7. The molecule has 10 rings (SSSR count). The van der Waals surface area contributed by atoms with Crippen LogP contribution in [0.15, 0.2) is 174 Å². The SMILES string of the molecule is CC(C)Cc1cc(-c2[c-]cccc2)ncc1[Si](C)(C)C.Fc1ccc2c(c1)oc1c(-c3nc4ccccc4n3-c3c(-c4ccccc4)cccc3-c3ccccc3)[c-]ccc12.[Ir]. The van der Waals surface area contributed by atoms with E-state index in [1.54, 1.807) is 6.07 Å². The zero-order valence-electron chi connectivity index (χ0n) is 35.4. The molecule has 0 amide bonds. The third-order valence-corrected chi connectivity index (χ3v) is 13.1. The van der Waals surface area contributed by atoms with Crippen molar-refractivity contribution in [2.24, 2.45) is 5.92 Å². The molecule has 0 fully saturated rings. The molecule has 0 spiro atoms. The van der Waals surface area contributed by atoms with Crippen LogP contribution in [0.5, 0.6) is 0 Å². The summed E-state index contributed by atoms with van der Waals surface area (Å²) in [6.45, 7) is 11.7. The maximum absolute atomic E-state index is 14.1. The van der Waals surface area contributed by atoms with Gasteiger partial charge in [-0.25, -0.2) is 4.39 Å². The number of halogens is 1. The minimum atomic E-state index is -1.34. The van der Waals surface area contributed by atoms with Gasteiger partial charge in [0.25, 0.3) is 0 Å². The van der Waals surface area contributed by atoms with E-state index in [4.69, 9.17) is 9.40 Å². The Bertz CT molecular complexity index is 3080. The Kier molecular flexibility index (Phi) is 12.3. The largest absolute Gasteiger partial charge is 0.500 e. The van der Waals surface area contributed by atoms with E-state index >= 15 is 0 Å². The van der Waals surface area contributed by atoms with E-state index in [0.717, 1.165) is 73.0 Å². The number of para-hydroxylation sites is 3. The molecule has 309 valence electrons. The Balaban J connectivity index is 0.000000214. The smallest absolute Gasteiger partial charge is 0.126 e. The average molecular weight is 1000 g/mol. The number of imidazole rings is 1. The van der Waals surface area contributed by atoms with Gasteiger partial charge in [0.15, 0.2) is 0 Å². The van der Waals surface area contributed by atoms with Crippen molar-refractivity contribution in [2.45, 2.75) is 39.9 Å². The first kappa shape index (κ1) is 42.4. The van der Waals surface area contributed by atoms with Crippen molar-refractivity contribution in [1.82, 2.24) is 14.5 Å². The van der Waals surface area contributed by atoms with E-state index in [-0.39, 0.29) is 25.9 Å². The summed E-state index contributed by atoms with van der Waals surface area (Å²) in [5, 5.41) is 3.24. The average Bonchev–Trinajstić information content (AvgIpc) is 3.85. The predicted molar refractivity (Wildman–Crippen MR) is 253 cm³/mol. The van der Waals surface area contributed by atoms with Crippen LogP contribution in [-0.4, -0.2) is 22.6 Å². The number of hydrogen-bond acceptors (Lipinski definition) is 3. The molecule has 0 aliphatic heterocycles. The Morgan fingerprint density at radius 3 is 2.03 bits per heavy atom. The number of fused-ring (bicyclic) bond motifs is 4. The molecule has 0 unspecified atom stereocenters. The van der Waals surface area contributed by atoms with Crippen LogP contribution in [0.2, 0.25) is 19.6 Å². The van der Waals surface area contributed by atoms with Gasteiger partial charge in [0, 0.05) is 48.9 Å². The predicted octanol–water partition coefficient (Wildman–Crippen LogP) is 14.2. The second kappa shape index (κ2) is 18.0. The molecule has 10 aromatic rings. The van der Waals surface area contributed by atoms with Gasteiger partial charge >= 0.3 is 0 Å². The van der Waals surface area contributed by atoms with Crippen molar-refractivity contribution in [3.8, 4) is 50.6 Å². The van der Waals surface area contributed by atoms with Gasteiger partial charge in [-0.3, -0.25) is 4.98 Å². The van der Waals surface area contributed by atoms with Crippen molar-refractivity contribution in [1.29, 1.82) is 0 Å². The van der Waals surface area contributed by atoms with Crippen LogP contribution >= 0.6 is 0 Å². The van der Waals surface area contributed by atoms with E-state index in [1.165, 1.54) is 22.9 Å². The van der Waals surface area contributed by atoms with Crippen molar-refractivity contribution in [2.75, 3.05) is 0 Å². The topological polar surface area (TPSA) is 43.9 Å². The fourth-order valence-corrected chi connectivity index (χ4v) is 9.86. The number of hydrogen-bond donors (Lipinski definition) is 0. The summed E-state index contributed by atoms with van der Waals surface area (Å²) in [6.07, 6.45) is 3.24. The van der Waals surface area contributed by atoms with E-state index in [1.807, 2.05) is 60.7 Å². The Hall–Kier alpha value is -6.24. The fourth-order valence-electron chi connectivity index (χ4n) is 8.27. The monoisotopic (exact) mass is 1000 g/mol. The standard InChI is InChI=1S/C37H22FN2O.C18H24NSi.Ir/c38-26-21-22-29-30-17-10-18-31(36(30)41-34(29)23-26)37-39-32-19-7-8-20-33(32)40(37)35-27(24-11-3-1-4-12-24)15-9-16-28(35)25-13-5-2-6-14-25;1-14(2)11-16-12-17(15-9-7-6-8-10-15)19-13-18(16)20(3,4)5;/h1-17,19-23H;6-9,12-14H,11H2,1-5H3;/q2*-1;. The summed E-state index contributed by atoms with van der Waals surface area (Å²) in [6, 6.07) is 60.9. The molecule has 3 aromatic heterocycles. The first-order chi connectivity index (χ1) is 29.6. The fraction of sp³-hybridized carbons (Fsp3) is 0.127. The zero-order valence-corrected chi connectivity index (χ0v) is 38.8. The molecule has 0 N–H and O–H groups in total. The molecule has 0 aliphatic rings. The Morgan fingerprint density at radius 1 is 0.694 bits per heavy atom. The van der Waals surface area contributed by atoms with Crippen molar-refractivity contribution in [3.05, 3.63) is 194 Å². The third kappa shape index (κ3) is 8.49. The molecule has 0 atom stereocenters. The number of rotatable bonds is 8. The van der Waals surface area contributed by atoms with Crippen LogP contribution in [0.25, 0.3) is 83.6 Å². The molecule has 3 heterocycles. The third-order valence-electron chi connectivity index (χ3n) is 11.0. The van der Waals surface area contributed by atoms with Gasteiger partial charge in [-0.1, -0.05) is 147 Å². The van der Waals surface area contributed by atoms with E-state index < -0.39 is 8.07 Å². The molecule has 7 heteroatoms. The van der Waals surface area contributed by atoms with Crippen molar-refractivity contribution >= 4 is 46.2 Å². The van der Waals surface area contributed by atoms with Crippen LogP contribution < -0.4 is 5.19 Å². The minimum Gasteiger partial charge on any atom is -0.500 e. The normalized spacial score (nSPS) is 11.5. The molecule has 0 saturated carbocycles.